The fourth-order valence-electron chi connectivity index (χ4n) is 1.51. The summed E-state index contributed by atoms with van der Waals surface area (Å²) in [6, 6.07) is 9.29. The van der Waals surface area contributed by atoms with Crippen LogP contribution in [0.15, 0.2) is 29.6 Å². The van der Waals surface area contributed by atoms with Crippen molar-refractivity contribution in [2.45, 2.75) is 0 Å². The lowest BCUT2D eigenvalue weighted by molar-refractivity contribution is 0.101. The van der Waals surface area contributed by atoms with Crippen LogP contribution in [-0.2, 0) is 0 Å². The topological polar surface area (TPSA) is 57.0 Å². The summed E-state index contributed by atoms with van der Waals surface area (Å²) in [7, 11) is 1.84. The first-order valence-corrected chi connectivity index (χ1v) is 6.85. The van der Waals surface area contributed by atoms with Crippen molar-refractivity contribution in [1.29, 1.82) is 5.26 Å². The molecule has 19 heavy (non-hydrogen) atoms. The summed E-state index contributed by atoms with van der Waals surface area (Å²) in [5.41, 5.74) is 1.80. The Morgan fingerprint density at radius 3 is 3.05 bits per heavy atom. The summed E-state index contributed by atoms with van der Waals surface area (Å²) in [4.78, 5) is 17.5. The lowest BCUT2D eigenvalue weighted by Gasteiger charge is -2.15. The van der Waals surface area contributed by atoms with Gasteiger partial charge in [0.2, 0.25) is 0 Å². The minimum absolute atomic E-state index is 0.0726. The molecule has 6 heteroatoms. The van der Waals surface area contributed by atoms with Crippen molar-refractivity contribution in [2.24, 2.45) is 0 Å². The molecule has 0 fully saturated rings. The molecule has 0 radical (unpaired) electrons. The first kappa shape index (κ1) is 13.5. The van der Waals surface area contributed by atoms with Gasteiger partial charge in [-0.3, -0.25) is 4.79 Å². The summed E-state index contributed by atoms with van der Waals surface area (Å²) < 4.78 is 0. The van der Waals surface area contributed by atoms with E-state index in [-0.39, 0.29) is 11.7 Å². The summed E-state index contributed by atoms with van der Waals surface area (Å²) in [6.07, 6.45) is 0. The highest BCUT2D eigenvalue weighted by molar-refractivity contribution is 7.14. The first-order valence-electron chi connectivity index (χ1n) is 5.44. The van der Waals surface area contributed by atoms with E-state index in [1.165, 1.54) is 11.3 Å². The Hall–Kier alpha value is -1.90. The zero-order chi connectivity index (χ0) is 13.8. The smallest absolute Gasteiger partial charge is 0.196 e. The van der Waals surface area contributed by atoms with Gasteiger partial charge in [0, 0.05) is 18.1 Å². The number of carbonyl (C=O) groups excluding carboxylic acids is 1. The number of hydrogen-bond donors (Lipinski definition) is 0. The third-order valence-electron chi connectivity index (χ3n) is 2.55. The molecule has 0 atom stereocenters. The molecular weight excluding hydrogens is 282 g/mol. The summed E-state index contributed by atoms with van der Waals surface area (Å²) in [5.74, 6) is -0.264. The van der Waals surface area contributed by atoms with Crippen molar-refractivity contribution in [3.05, 3.63) is 40.9 Å². The number of rotatable bonds is 4. The van der Waals surface area contributed by atoms with Gasteiger partial charge in [-0.15, -0.1) is 22.9 Å². The van der Waals surface area contributed by atoms with E-state index in [1.807, 2.05) is 24.1 Å². The van der Waals surface area contributed by atoms with Gasteiger partial charge in [0.05, 0.1) is 17.5 Å². The van der Waals surface area contributed by atoms with Crippen molar-refractivity contribution in [2.75, 3.05) is 17.8 Å². The summed E-state index contributed by atoms with van der Waals surface area (Å²) in [5, 5.41) is 11.3. The highest BCUT2D eigenvalue weighted by Gasteiger charge is 2.13. The SMILES string of the molecule is CN(c1cccc(C#N)c1)c1nc(C(=O)CCl)cs1. The number of nitrogens with zero attached hydrogens (tertiary/aromatic N) is 3. The van der Waals surface area contributed by atoms with Crippen LogP contribution in [0.5, 0.6) is 0 Å². The number of aromatic nitrogens is 1. The van der Waals surface area contributed by atoms with E-state index >= 15 is 0 Å². The van der Waals surface area contributed by atoms with Gasteiger partial charge in [-0.05, 0) is 18.2 Å². The molecule has 1 aromatic carbocycles. The third-order valence-corrected chi connectivity index (χ3v) is 3.71. The average molecular weight is 292 g/mol. The molecule has 4 nitrogen and oxygen atoms in total. The maximum atomic E-state index is 11.4. The predicted octanol–water partition coefficient (Wildman–Crippen LogP) is 3.20. The fraction of sp³-hybridized carbons (Fsp3) is 0.154. The summed E-state index contributed by atoms with van der Waals surface area (Å²) >= 11 is 6.86. The van der Waals surface area contributed by atoms with Gasteiger partial charge < -0.3 is 4.90 Å². The number of benzene rings is 1. The molecule has 0 saturated carbocycles. The Morgan fingerprint density at radius 2 is 2.37 bits per heavy atom. The van der Waals surface area contributed by atoms with E-state index in [4.69, 9.17) is 16.9 Å². The van der Waals surface area contributed by atoms with Crippen LogP contribution >= 0.6 is 22.9 Å². The van der Waals surface area contributed by atoms with Crippen molar-refractivity contribution in [1.82, 2.24) is 4.98 Å². The molecule has 0 amide bonds. The molecule has 0 spiro atoms. The van der Waals surface area contributed by atoms with Crippen LogP contribution in [0.2, 0.25) is 0 Å². The summed E-state index contributed by atoms with van der Waals surface area (Å²) in [6.45, 7) is 0. The Morgan fingerprint density at radius 1 is 1.58 bits per heavy atom. The third kappa shape index (κ3) is 2.92. The number of ketones is 1. The van der Waals surface area contributed by atoms with Gasteiger partial charge in [-0.25, -0.2) is 4.98 Å². The van der Waals surface area contributed by atoms with Crippen LogP contribution in [-0.4, -0.2) is 23.7 Å². The van der Waals surface area contributed by atoms with E-state index < -0.39 is 0 Å². The van der Waals surface area contributed by atoms with Crippen LogP contribution in [0.4, 0.5) is 10.8 Å². The molecule has 2 aromatic rings. The molecule has 2 rings (SSSR count). The molecule has 0 aliphatic heterocycles. The average Bonchev–Trinajstić information content (AvgIpc) is 2.95. The molecule has 0 aliphatic rings. The number of Topliss-reactive ketones (excluding diaryl/α,β-unsaturated/α-hetero) is 1. The van der Waals surface area contributed by atoms with E-state index in [1.54, 1.807) is 17.5 Å². The lowest BCUT2D eigenvalue weighted by atomic mass is 10.2. The minimum Gasteiger partial charge on any atom is -0.321 e. The second-order valence-corrected chi connectivity index (χ2v) is 4.90. The predicted molar refractivity (Wildman–Crippen MR) is 76.4 cm³/mol. The van der Waals surface area contributed by atoms with Crippen molar-refractivity contribution in [3.8, 4) is 6.07 Å². The lowest BCUT2D eigenvalue weighted by Crippen LogP contribution is -2.10. The molecule has 0 N–H and O–H groups in total. The molecular formula is C13H10ClN3OS. The van der Waals surface area contributed by atoms with Crippen LogP contribution in [0, 0.1) is 11.3 Å². The molecule has 96 valence electrons. The number of anilines is 2. The maximum Gasteiger partial charge on any atom is 0.196 e. The normalized spacial score (nSPS) is 9.95. The van der Waals surface area contributed by atoms with Crippen LogP contribution in [0.25, 0.3) is 0 Å². The van der Waals surface area contributed by atoms with Crippen molar-refractivity contribution < 1.29 is 4.79 Å². The van der Waals surface area contributed by atoms with Gasteiger partial charge in [0.15, 0.2) is 10.9 Å². The number of thiazole rings is 1. The molecule has 0 bridgehead atoms. The van der Waals surface area contributed by atoms with E-state index in [0.717, 1.165) is 5.69 Å². The fourth-order valence-corrected chi connectivity index (χ4v) is 2.46. The maximum absolute atomic E-state index is 11.4. The Kier molecular flexibility index (Phi) is 4.15. The van der Waals surface area contributed by atoms with Crippen molar-refractivity contribution >= 4 is 39.5 Å². The van der Waals surface area contributed by atoms with Gasteiger partial charge in [0.1, 0.15) is 5.69 Å². The molecule has 1 aromatic heterocycles. The quantitative estimate of drug-likeness (QED) is 0.641. The monoisotopic (exact) mass is 291 g/mol. The van der Waals surface area contributed by atoms with E-state index in [0.29, 0.717) is 16.4 Å². The molecule has 1 heterocycles. The Labute approximate surface area is 119 Å². The number of alkyl halides is 1. The second kappa shape index (κ2) is 5.83. The van der Waals surface area contributed by atoms with Gasteiger partial charge >= 0.3 is 0 Å². The number of halogens is 1. The minimum atomic E-state index is -0.191. The highest BCUT2D eigenvalue weighted by Crippen LogP contribution is 2.27. The second-order valence-electron chi connectivity index (χ2n) is 3.79. The van der Waals surface area contributed by atoms with E-state index in [9.17, 15) is 4.79 Å². The zero-order valence-electron chi connectivity index (χ0n) is 10.1. The Balaban J connectivity index is 2.28. The number of nitriles is 1. The molecule has 0 unspecified atom stereocenters. The van der Waals surface area contributed by atoms with Gasteiger partial charge in [-0.2, -0.15) is 5.26 Å². The van der Waals surface area contributed by atoms with Gasteiger partial charge in [-0.1, -0.05) is 6.07 Å². The molecule has 0 aliphatic carbocycles. The van der Waals surface area contributed by atoms with Crippen molar-refractivity contribution in [3.63, 3.8) is 0 Å². The highest BCUT2D eigenvalue weighted by atomic mass is 35.5. The standard InChI is InChI=1S/C13H10ClN3OS/c1-17(10-4-2-3-9(5-10)7-15)13-16-11(8-19-13)12(18)6-14/h2-5,8H,6H2,1H3. The van der Waals surface area contributed by atoms with Crippen LogP contribution in [0.3, 0.4) is 0 Å². The van der Waals surface area contributed by atoms with Gasteiger partial charge in [0.25, 0.3) is 0 Å². The van der Waals surface area contributed by atoms with Crippen LogP contribution < -0.4 is 4.90 Å². The van der Waals surface area contributed by atoms with E-state index in [2.05, 4.69) is 11.1 Å². The van der Waals surface area contributed by atoms with Crippen LogP contribution in [0.1, 0.15) is 16.1 Å². The first-order chi connectivity index (χ1) is 9.15. The number of hydrogen-bond acceptors (Lipinski definition) is 5. The largest absolute Gasteiger partial charge is 0.321 e. The number of carbonyl (C=O) groups is 1. The Bertz CT molecular complexity index is 647. The zero-order valence-corrected chi connectivity index (χ0v) is 11.7. The molecule has 0 saturated heterocycles.